The average Bonchev–Trinajstić information content (AvgIpc) is 3.07. The Hall–Kier alpha value is -1.32. The van der Waals surface area contributed by atoms with Gasteiger partial charge < -0.3 is 14.7 Å². The highest BCUT2D eigenvalue weighted by Crippen LogP contribution is 2.29. The maximum Gasteiger partial charge on any atom is 0.323 e. The third kappa shape index (κ3) is 8.06. The molecular formula is C18H29N3O4S2. The normalized spacial score (nSPS) is 15.1. The highest BCUT2D eigenvalue weighted by Gasteiger charge is 2.26. The standard InChI is InChI=1S/C18H29N3O4S2/c1-13(2)11-25-9-8-21(14-6-4-3-5-7-14)18(24)20-17-19-10-16(27-17)26-12-15(22)23/h10,13-14H,3-9,11-12H2,1-2H3,(H,22,23)(H,19,20,24). The highest BCUT2D eigenvalue weighted by atomic mass is 32.2. The second-order valence-electron chi connectivity index (χ2n) is 7.05. The summed E-state index contributed by atoms with van der Waals surface area (Å²) in [5, 5.41) is 12.1. The molecule has 152 valence electrons. The number of thiazole rings is 1. The van der Waals surface area contributed by atoms with Crippen molar-refractivity contribution in [2.45, 2.75) is 56.2 Å². The molecule has 27 heavy (non-hydrogen) atoms. The minimum Gasteiger partial charge on any atom is -0.481 e. The van der Waals surface area contributed by atoms with E-state index in [0.717, 1.165) is 29.9 Å². The lowest BCUT2D eigenvalue weighted by atomic mass is 9.94. The molecule has 1 fully saturated rings. The molecule has 0 spiro atoms. The van der Waals surface area contributed by atoms with Crippen molar-refractivity contribution in [1.82, 2.24) is 9.88 Å². The average molecular weight is 416 g/mol. The second kappa shape index (κ2) is 11.5. The van der Waals surface area contributed by atoms with Gasteiger partial charge in [-0.3, -0.25) is 10.1 Å². The minimum atomic E-state index is -0.871. The Kier molecular flexibility index (Phi) is 9.36. The first-order chi connectivity index (χ1) is 13.0. The van der Waals surface area contributed by atoms with Gasteiger partial charge in [0.1, 0.15) is 0 Å². The zero-order valence-electron chi connectivity index (χ0n) is 16.0. The van der Waals surface area contributed by atoms with Gasteiger partial charge in [-0.2, -0.15) is 0 Å². The van der Waals surface area contributed by atoms with Crippen molar-refractivity contribution in [3.63, 3.8) is 0 Å². The number of hydrogen-bond acceptors (Lipinski definition) is 6. The first-order valence-electron chi connectivity index (χ1n) is 9.41. The number of anilines is 1. The van der Waals surface area contributed by atoms with Crippen molar-refractivity contribution in [2.75, 3.05) is 30.8 Å². The fraction of sp³-hybridized carbons (Fsp3) is 0.722. The van der Waals surface area contributed by atoms with Crippen molar-refractivity contribution in [3.8, 4) is 0 Å². The Labute approximate surface area is 168 Å². The van der Waals surface area contributed by atoms with Crippen LogP contribution >= 0.6 is 23.1 Å². The van der Waals surface area contributed by atoms with Crippen LogP contribution in [-0.2, 0) is 9.53 Å². The predicted molar refractivity (Wildman–Crippen MR) is 109 cm³/mol. The Morgan fingerprint density at radius 3 is 2.81 bits per heavy atom. The maximum absolute atomic E-state index is 12.8. The summed E-state index contributed by atoms with van der Waals surface area (Å²) in [4.78, 5) is 29.6. The number of rotatable bonds is 10. The van der Waals surface area contributed by atoms with E-state index >= 15 is 0 Å². The fourth-order valence-electron chi connectivity index (χ4n) is 3.00. The SMILES string of the molecule is CC(C)COCCN(C(=O)Nc1ncc(SCC(=O)O)s1)C1CCCCC1. The number of carboxylic acid groups (broad SMARTS) is 1. The van der Waals surface area contributed by atoms with Crippen LogP contribution in [0.15, 0.2) is 10.4 Å². The van der Waals surface area contributed by atoms with E-state index in [1.165, 1.54) is 29.5 Å². The van der Waals surface area contributed by atoms with Crippen molar-refractivity contribution >= 4 is 40.2 Å². The van der Waals surface area contributed by atoms with Gasteiger partial charge in [0.25, 0.3) is 0 Å². The lowest BCUT2D eigenvalue weighted by Gasteiger charge is -2.34. The summed E-state index contributed by atoms with van der Waals surface area (Å²) < 4.78 is 6.46. The molecular weight excluding hydrogens is 386 g/mol. The summed E-state index contributed by atoms with van der Waals surface area (Å²) in [7, 11) is 0. The van der Waals surface area contributed by atoms with Crippen LogP contribution in [0.25, 0.3) is 0 Å². The van der Waals surface area contributed by atoms with Crippen LogP contribution in [-0.4, -0.2) is 58.5 Å². The van der Waals surface area contributed by atoms with Gasteiger partial charge in [0, 0.05) is 19.2 Å². The number of carboxylic acids is 1. The number of urea groups is 1. The molecule has 1 heterocycles. The number of carbonyl (C=O) groups excluding carboxylic acids is 1. The Balaban J connectivity index is 1.92. The summed E-state index contributed by atoms with van der Waals surface area (Å²) >= 11 is 2.50. The molecule has 1 aliphatic rings. The summed E-state index contributed by atoms with van der Waals surface area (Å²) in [6.45, 7) is 5.99. The number of nitrogens with one attached hydrogen (secondary N) is 1. The number of aromatic nitrogens is 1. The number of hydrogen-bond donors (Lipinski definition) is 2. The van der Waals surface area contributed by atoms with Gasteiger partial charge in [0.2, 0.25) is 0 Å². The first-order valence-corrected chi connectivity index (χ1v) is 11.2. The topological polar surface area (TPSA) is 91.8 Å². The summed E-state index contributed by atoms with van der Waals surface area (Å²) in [6, 6.07) is 0.0846. The van der Waals surface area contributed by atoms with Crippen LogP contribution in [0.2, 0.25) is 0 Å². The second-order valence-corrected chi connectivity index (χ2v) is 9.36. The number of thioether (sulfide) groups is 1. The van der Waals surface area contributed by atoms with Crippen molar-refractivity contribution in [3.05, 3.63) is 6.20 Å². The first kappa shape index (κ1) is 22.0. The van der Waals surface area contributed by atoms with Gasteiger partial charge in [-0.25, -0.2) is 9.78 Å². The maximum atomic E-state index is 12.8. The summed E-state index contributed by atoms with van der Waals surface area (Å²) in [5.41, 5.74) is 0. The van der Waals surface area contributed by atoms with E-state index in [0.29, 0.717) is 30.8 Å². The Bertz CT molecular complexity index is 603. The van der Waals surface area contributed by atoms with Crippen LogP contribution in [0, 0.1) is 5.92 Å². The molecule has 1 aliphatic carbocycles. The molecule has 0 aromatic carbocycles. The number of aliphatic carboxylic acids is 1. The highest BCUT2D eigenvalue weighted by molar-refractivity contribution is 8.01. The van der Waals surface area contributed by atoms with Crippen LogP contribution in [0.3, 0.4) is 0 Å². The van der Waals surface area contributed by atoms with E-state index in [1.54, 1.807) is 6.20 Å². The molecule has 1 saturated carbocycles. The van der Waals surface area contributed by atoms with Gasteiger partial charge in [-0.15, -0.1) is 11.8 Å². The molecule has 0 atom stereocenters. The van der Waals surface area contributed by atoms with Crippen molar-refractivity contribution < 1.29 is 19.4 Å². The number of carbonyl (C=O) groups is 2. The van der Waals surface area contributed by atoms with Gasteiger partial charge in [-0.1, -0.05) is 44.4 Å². The lowest BCUT2D eigenvalue weighted by molar-refractivity contribution is -0.133. The third-order valence-electron chi connectivity index (χ3n) is 4.24. The largest absolute Gasteiger partial charge is 0.481 e. The van der Waals surface area contributed by atoms with Gasteiger partial charge in [-0.05, 0) is 18.8 Å². The molecule has 0 unspecified atom stereocenters. The zero-order valence-corrected chi connectivity index (χ0v) is 17.6. The van der Waals surface area contributed by atoms with Gasteiger partial charge >= 0.3 is 12.0 Å². The zero-order chi connectivity index (χ0) is 19.6. The van der Waals surface area contributed by atoms with Crippen LogP contribution < -0.4 is 5.32 Å². The molecule has 2 N–H and O–H groups in total. The molecule has 1 aromatic rings. The van der Waals surface area contributed by atoms with E-state index in [9.17, 15) is 9.59 Å². The molecule has 2 amide bonds. The van der Waals surface area contributed by atoms with Gasteiger partial charge in [0.05, 0.1) is 22.8 Å². The molecule has 0 saturated heterocycles. The van der Waals surface area contributed by atoms with E-state index in [4.69, 9.17) is 9.84 Å². The van der Waals surface area contributed by atoms with E-state index < -0.39 is 5.97 Å². The van der Waals surface area contributed by atoms with Crippen LogP contribution in [0.5, 0.6) is 0 Å². The molecule has 0 aliphatic heterocycles. The third-order valence-corrected chi connectivity index (χ3v) is 6.33. The minimum absolute atomic E-state index is 0.0169. The molecule has 9 heteroatoms. The van der Waals surface area contributed by atoms with Crippen molar-refractivity contribution in [2.24, 2.45) is 5.92 Å². The predicted octanol–water partition coefficient (Wildman–Crippen LogP) is 4.16. The molecule has 0 radical (unpaired) electrons. The lowest BCUT2D eigenvalue weighted by Crippen LogP contribution is -2.45. The van der Waals surface area contributed by atoms with Crippen LogP contribution in [0.1, 0.15) is 46.0 Å². The van der Waals surface area contributed by atoms with E-state index in [-0.39, 0.29) is 17.8 Å². The van der Waals surface area contributed by atoms with Gasteiger partial charge in [0.15, 0.2) is 5.13 Å². The molecule has 1 aromatic heterocycles. The fourth-order valence-corrected chi connectivity index (χ4v) is 4.59. The molecule has 2 rings (SSSR count). The quantitative estimate of drug-likeness (QED) is 0.440. The van der Waals surface area contributed by atoms with Crippen molar-refractivity contribution in [1.29, 1.82) is 0 Å². The smallest absolute Gasteiger partial charge is 0.323 e. The number of ether oxygens (including phenoxy) is 1. The van der Waals surface area contributed by atoms with Crippen LogP contribution in [0.4, 0.5) is 9.93 Å². The van der Waals surface area contributed by atoms with E-state index in [2.05, 4.69) is 24.1 Å². The van der Waals surface area contributed by atoms with E-state index in [1.807, 2.05) is 4.90 Å². The Morgan fingerprint density at radius 2 is 2.15 bits per heavy atom. The molecule has 7 nitrogen and oxygen atoms in total. The molecule has 0 bridgehead atoms. The Morgan fingerprint density at radius 1 is 1.41 bits per heavy atom. The number of nitrogens with zero attached hydrogens (tertiary/aromatic N) is 2. The summed E-state index contributed by atoms with van der Waals surface area (Å²) in [5.74, 6) is -0.417. The number of amides is 2. The monoisotopic (exact) mass is 415 g/mol. The summed E-state index contributed by atoms with van der Waals surface area (Å²) in [6.07, 6.45) is 7.17.